The van der Waals surface area contributed by atoms with Crippen LogP contribution >= 0.6 is 11.8 Å². The van der Waals surface area contributed by atoms with Gasteiger partial charge in [-0.1, -0.05) is 63.1 Å². The lowest BCUT2D eigenvalue weighted by Crippen LogP contribution is -2.57. The van der Waals surface area contributed by atoms with Crippen molar-refractivity contribution in [2.75, 3.05) is 13.2 Å². The van der Waals surface area contributed by atoms with Gasteiger partial charge in [0.25, 0.3) is 0 Å². The topological polar surface area (TPSA) is 107 Å². The van der Waals surface area contributed by atoms with Crippen LogP contribution in [0.4, 0.5) is 0 Å². The standard InChI is InChI=1S/C34H40O9S/c1-7-18-38-33-28(43-32(37)26-16-12-9-13-17-26)22(4)30(27(42-33)19-39-31(36)25-14-10-8-11-15-25)44-34-29(41-24(6)35)21(3)20(2)23(5)40-34/h1,8-17,20-23,27-30,33-34H,18-19H2,2-6H3/t20-,21+,22-,23?,27?,28?,29?,30+,33-,34+/m1/s1. The highest BCUT2D eigenvalue weighted by molar-refractivity contribution is 8.00. The van der Waals surface area contributed by atoms with Crippen LogP contribution in [0, 0.1) is 30.1 Å². The third-order valence-electron chi connectivity index (χ3n) is 8.25. The van der Waals surface area contributed by atoms with E-state index in [1.54, 1.807) is 48.5 Å². The van der Waals surface area contributed by atoms with E-state index in [4.69, 9.17) is 34.8 Å². The second-order valence-electron chi connectivity index (χ2n) is 11.2. The van der Waals surface area contributed by atoms with Gasteiger partial charge in [0.15, 0.2) is 12.4 Å². The summed E-state index contributed by atoms with van der Waals surface area (Å²) >= 11 is 1.41. The minimum absolute atomic E-state index is 0.00717. The summed E-state index contributed by atoms with van der Waals surface area (Å²) in [5, 5.41) is -0.436. The highest BCUT2D eigenvalue weighted by atomic mass is 32.2. The summed E-state index contributed by atoms with van der Waals surface area (Å²) < 4.78 is 36.2. The van der Waals surface area contributed by atoms with Crippen LogP contribution in [0.15, 0.2) is 60.7 Å². The van der Waals surface area contributed by atoms with Crippen molar-refractivity contribution in [2.24, 2.45) is 17.8 Å². The molecule has 2 fully saturated rings. The number of carbonyl (C=O) groups excluding carboxylic acids is 3. The van der Waals surface area contributed by atoms with E-state index in [-0.39, 0.29) is 31.2 Å². The smallest absolute Gasteiger partial charge is 0.338 e. The molecule has 0 aromatic heterocycles. The van der Waals surface area contributed by atoms with Crippen molar-refractivity contribution in [3.05, 3.63) is 71.8 Å². The van der Waals surface area contributed by atoms with E-state index in [1.165, 1.54) is 18.7 Å². The number of hydrogen-bond donors (Lipinski definition) is 0. The number of esters is 3. The molecule has 2 aromatic carbocycles. The molecule has 4 rings (SSSR count). The Morgan fingerprint density at radius 3 is 2.02 bits per heavy atom. The van der Waals surface area contributed by atoms with Gasteiger partial charge in [-0.2, -0.15) is 0 Å². The van der Waals surface area contributed by atoms with Crippen molar-refractivity contribution in [1.29, 1.82) is 0 Å². The largest absolute Gasteiger partial charge is 0.459 e. The third kappa shape index (κ3) is 8.21. The lowest BCUT2D eigenvalue weighted by atomic mass is 9.85. The van der Waals surface area contributed by atoms with E-state index in [1.807, 2.05) is 32.9 Å². The third-order valence-corrected chi connectivity index (χ3v) is 9.94. The molecule has 2 saturated heterocycles. The fraction of sp³-hybridized carbons (Fsp3) is 0.500. The maximum atomic E-state index is 13.2. The number of carbonyl (C=O) groups is 3. The molecular weight excluding hydrogens is 584 g/mol. The zero-order valence-electron chi connectivity index (χ0n) is 25.6. The van der Waals surface area contributed by atoms with Gasteiger partial charge in [-0.05, 0) is 37.1 Å². The maximum Gasteiger partial charge on any atom is 0.338 e. The lowest BCUT2D eigenvalue weighted by Gasteiger charge is -2.48. The second-order valence-corrected chi connectivity index (χ2v) is 12.5. The summed E-state index contributed by atoms with van der Waals surface area (Å²) in [6.45, 7) is 9.20. The minimum Gasteiger partial charge on any atom is -0.459 e. The van der Waals surface area contributed by atoms with Crippen LogP contribution in [-0.4, -0.2) is 72.5 Å². The first-order valence-corrected chi connectivity index (χ1v) is 15.7. The lowest BCUT2D eigenvalue weighted by molar-refractivity contribution is -0.251. The first-order valence-electron chi connectivity index (χ1n) is 14.8. The van der Waals surface area contributed by atoms with Crippen LogP contribution < -0.4 is 0 Å². The second kappa shape index (κ2) is 15.6. The zero-order valence-corrected chi connectivity index (χ0v) is 26.4. The Morgan fingerprint density at radius 2 is 1.43 bits per heavy atom. The summed E-state index contributed by atoms with van der Waals surface area (Å²) in [6, 6.07) is 17.3. The fourth-order valence-corrected chi connectivity index (χ4v) is 7.19. The summed E-state index contributed by atoms with van der Waals surface area (Å²) in [6.07, 6.45) is 2.25. The average Bonchev–Trinajstić information content (AvgIpc) is 3.03. The average molecular weight is 625 g/mol. The number of hydrogen-bond acceptors (Lipinski definition) is 10. The van der Waals surface area contributed by atoms with E-state index in [0.29, 0.717) is 11.1 Å². The number of thioether (sulfide) groups is 1. The van der Waals surface area contributed by atoms with E-state index < -0.39 is 59.1 Å². The zero-order chi connectivity index (χ0) is 31.8. The molecule has 0 N–H and O–H groups in total. The van der Waals surface area contributed by atoms with Gasteiger partial charge in [-0.3, -0.25) is 4.79 Å². The van der Waals surface area contributed by atoms with Gasteiger partial charge in [0, 0.05) is 24.0 Å². The van der Waals surface area contributed by atoms with Crippen LogP contribution in [0.2, 0.25) is 0 Å². The summed E-state index contributed by atoms with van der Waals surface area (Å²) in [7, 11) is 0. The Labute approximate surface area is 263 Å². The van der Waals surface area contributed by atoms with Gasteiger partial charge < -0.3 is 28.4 Å². The molecule has 10 heteroatoms. The molecular formula is C34H40O9S. The molecule has 0 radical (unpaired) electrons. The summed E-state index contributed by atoms with van der Waals surface area (Å²) in [5.74, 6) is 0.734. The molecule has 0 amide bonds. The molecule has 2 aliphatic heterocycles. The SMILES string of the molecule is C#CCO[C@@H]1OC(COC(=O)c2ccccc2)[C@@H](S[C@@H]2OC(C)[C@H](C)[C@H](C)C2OC(C)=O)[C@H](C)C1OC(=O)c1ccccc1. The van der Waals surface area contributed by atoms with Crippen molar-refractivity contribution in [3.63, 3.8) is 0 Å². The molecule has 44 heavy (non-hydrogen) atoms. The van der Waals surface area contributed by atoms with Crippen molar-refractivity contribution in [2.45, 2.75) is 76.0 Å². The molecule has 4 unspecified atom stereocenters. The number of rotatable bonds is 10. The molecule has 236 valence electrons. The predicted octanol–water partition coefficient (Wildman–Crippen LogP) is 5.13. The van der Waals surface area contributed by atoms with Crippen molar-refractivity contribution in [1.82, 2.24) is 0 Å². The van der Waals surface area contributed by atoms with Gasteiger partial charge in [0.2, 0.25) is 0 Å². The van der Waals surface area contributed by atoms with Crippen molar-refractivity contribution in [3.8, 4) is 12.3 Å². The Balaban J connectivity index is 1.64. The minimum atomic E-state index is -1.03. The molecule has 2 aliphatic rings. The summed E-state index contributed by atoms with van der Waals surface area (Å²) in [5.41, 5.74) is 0.218. The number of ether oxygens (including phenoxy) is 6. The van der Waals surface area contributed by atoms with E-state index >= 15 is 0 Å². The Bertz CT molecular complexity index is 1290. The van der Waals surface area contributed by atoms with Gasteiger partial charge in [0.1, 0.15) is 30.9 Å². The van der Waals surface area contributed by atoms with Crippen LogP contribution in [-0.2, 0) is 33.2 Å². The summed E-state index contributed by atoms with van der Waals surface area (Å²) in [4.78, 5) is 38.2. The number of terminal acetylenes is 1. The molecule has 0 spiro atoms. The molecule has 9 nitrogen and oxygen atoms in total. The van der Waals surface area contributed by atoms with Gasteiger partial charge >= 0.3 is 17.9 Å². The molecule has 0 aliphatic carbocycles. The van der Waals surface area contributed by atoms with E-state index in [2.05, 4.69) is 12.8 Å². The monoisotopic (exact) mass is 624 g/mol. The highest BCUT2D eigenvalue weighted by Gasteiger charge is 2.51. The van der Waals surface area contributed by atoms with Crippen LogP contribution in [0.5, 0.6) is 0 Å². The fourth-order valence-electron chi connectivity index (χ4n) is 5.46. The first-order chi connectivity index (χ1) is 21.1. The van der Waals surface area contributed by atoms with Gasteiger partial charge in [0.05, 0.1) is 17.2 Å². The molecule has 2 aromatic rings. The maximum absolute atomic E-state index is 13.2. The predicted molar refractivity (Wildman–Crippen MR) is 165 cm³/mol. The molecule has 0 saturated carbocycles. The Hall–Kier alpha value is -3.36. The van der Waals surface area contributed by atoms with E-state index in [9.17, 15) is 14.4 Å². The molecule has 2 heterocycles. The van der Waals surface area contributed by atoms with E-state index in [0.717, 1.165) is 0 Å². The van der Waals surface area contributed by atoms with Crippen molar-refractivity contribution < 1.29 is 42.8 Å². The Kier molecular flexibility index (Phi) is 11.9. The quantitative estimate of drug-likeness (QED) is 0.201. The Morgan fingerprint density at radius 1 is 0.818 bits per heavy atom. The molecule has 10 atom stereocenters. The first kappa shape index (κ1) is 33.5. The van der Waals surface area contributed by atoms with Crippen LogP contribution in [0.1, 0.15) is 55.3 Å². The molecule has 0 bridgehead atoms. The van der Waals surface area contributed by atoms with Crippen molar-refractivity contribution >= 4 is 29.7 Å². The van der Waals surface area contributed by atoms with Crippen LogP contribution in [0.25, 0.3) is 0 Å². The van der Waals surface area contributed by atoms with Crippen LogP contribution in [0.3, 0.4) is 0 Å². The van der Waals surface area contributed by atoms with Gasteiger partial charge in [-0.15, -0.1) is 18.2 Å². The normalized spacial score (nSPS) is 31.7. The van der Waals surface area contributed by atoms with Gasteiger partial charge in [-0.25, -0.2) is 9.59 Å². The number of benzene rings is 2. The highest BCUT2D eigenvalue weighted by Crippen LogP contribution is 2.44.